The van der Waals surface area contributed by atoms with E-state index >= 15 is 8.78 Å². The fraction of sp³-hybridized carbons (Fsp3) is 0.486. The van der Waals surface area contributed by atoms with Gasteiger partial charge in [-0.15, -0.1) is 5.98 Å². The van der Waals surface area contributed by atoms with Crippen molar-refractivity contribution in [3.05, 3.63) is 82.2 Å². The highest BCUT2D eigenvalue weighted by molar-refractivity contribution is 6.47. The summed E-state index contributed by atoms with van der Waals surface area (Å²) in [6.07, 6.45) is 13.2. The fourth-order valence-corrected chi connectivity index (χ4v) is 6.06. The van der Waals surface area contributed by atoms with E-state index in [9.17, 15) is 0 Å². The van der Waals surface area contributed by atoms with Crippen LogP contribution in [0.2, 0.25) is 5.82 Å². The number of hydrogen-bond acceptors (Lipinski definition) is 3. The smallest absolute Gasteiger partial charge is 0.157 e. The Morgan fingerprint density at radius 1 is 1.20 bits per heavy atom. The first-order valence-corrected chi connectivity index (χ1v) is 15.2. The van der Waals surface area contributed by atoms with Crippen LogP contribution in [0.5, 0.6) is 0 Å². The van der Waals surface area contributed by atoms with E-state index in [2.05, 4.69) is 60.6 Å². The number of aromatic nitrogens is 1. The summed E-state index contributed by atoms with van der Waals surface area (Å²) in [6.45, 7) is 17.1. The summed E-state index contributed by atoms with van der Waals surface area (Å²) in [6, 6.07) is 3.69. The number of anilines is 1. The van der Waals surface area contributed by atoms with E-state index in [0.717, 1.165) is 61.1 Å². The van der Waals surface area contributed by atoms with E-state index in [4.69, 9.17) is 10.4 Å². The summed E-state index contributed by atoms with van der Waals surface area (Å²) in [7, 11) is 2.23. The van der Waals surface area contributed by atoms with Crippen molar-refractivity contribution < 1.29 is 8.78 Å². The number of hydrogen-bond donors (Lipinski definition) is 1. The zero-order valence-corrected chi connectivity index (χ0v) is 25.7. The number of benzene rings is 1. The van der Waals surface area contributed by atoms with Gasteiger partial charge in [0.05, 0.1) is 5.69 Å². The van der Waals surface area contributed by atoms with Crippen LogP contribution in [0.4, 0.5) is 14.5 Å². The Morgan fingerprint density at radius 2 is 1.93 bits per heavy atom. The van der Waals surface area contributed by atoms with Gasteiger partial charge < -0.3 is 10.3 Å². The van der Waals surface area contributed by atoms with Crippen LogP contribution in [0.1, 0.15) is 108 Å². The third kappa shape index (κ3) is 6.27. The molecule has 41 heavy (non-hydrogen) atoms. The third-order valence-corrected chi connectivity index (χ3v) is 8.70. The van der Waals surface area contributed by atoms with Crippen LogP contribution < -0.4 is 4.90 Å². The van der Waals surface area contributed by atoms with Gasteiger partial charge in [0.25, 0.3) is 0 Å². The Morgan fingerprint density at radius 3 is 2.49 bits per heavy atom. The van der Waals surface area contributed by atoms with Crippen LogP contribution >= 0.6 is 0 Å². The van der Waals surface area contributed by atoms with Gasteiger partial charge in [-0.05, 0) is 66.3 Å². The average Bonchev–Trinajstić information content (AvgIpc) is 3.74. The molecule has 3 nitrogen and oxygen atoms in total. The second kappa shape index (κ2) is 12.5. The van der Waals surface area contributed by atoms with Crippen molar-refractivity contribution in [2.75, 3.05) is 4.90 Å². The predicted molar refractivity (Wildman–Crippen MR) is 171 cm³/mol. The van der Waals surface area contributed by atoms with Crippen LogP contribution in [0.3, 0.4) is 0 Å². The summed E-state index contributed by atoms with van der Waals surface area (Å²) in [5.41, 5.74) is 5.48. The Kier molecular flexibility index (Phi) is 9.40. The molecular weight excluding hydrogens is 511 g/mol. The first-order valence-electron chi connectivity index (χ1n) is 15.2. The first kappa shape index (κ1) is 30.9. The molecule has 0 bridgehead atoms. The third-order valence-electron chi connectivity index (χ3n) is 8.70. The molecule has 1 atom stereocenters. The van der Waals surface area contributed by atoms with Gasteiger partial charge in [0.2, 0.25) is 0 Å². The van der Waals surface area contributed by atoms with E-state index in [0.29, 0.717) is 35.3 Å². The molecule has 1 saturated carbocycles. The molecule has 0 saturated heterocycles. The summed E-state index contributed by atoms with van der Waals surface area (Å²) < 4.78 is 31.6. The van der Waals surface area contributed by atoms with Crippen LogP contribution in [0, 0.1) is 22.5 Å². The van der Waals surface area contributed by atoms with Gasteiger partial charge in [-0.2, -0.15) is 0 Å². The molecule has 2 aliphatic rings. The molecule has 4 rings (SSSR count). The van der Waals surface area contributed by atoms with Crippen molar-refractivity contribution in [3.8, 4) is 0 Å². The second-order valence-electron chi connectivity index (χ2n) is 12.8. The van der Waals surface area contributed by atoms with E-state index in [1.165, 1.54) is 17.9 Å². The summed E-state index contributed by atoms with van der Waals surface area (Å²) in [4.78, 5) is 6.61. The van der Waals surface area contributed by atoms with E-state index in [1.54, 1.807) is 6.07 Å². The standard InChI is InChI=1S/C35H45BF2N3/c1-8-12-30-35(15-16-35)28-18-29(25(20-39)19-36-27(11-4)13-14-34(5,6)7)40-21-26(28)22-41(30)33-31(37)23(9-2)17-24(10-3)32(33)38/h9,12,17-21,27,39H,2,8,10-11,13-16,22H2,1,3-7H3/b25-19+,30-12-,39-20?. The molecular formula is C35H45BF2N3. The minimum absolute atomic E-state index is 0.00971. The van der Waals surface area contributed by atoms with Crippen LogP contribution in [0.15, 0.2) is 42.7 Å². The maximum absolute atomic E-state index is 15.8. The number of nitrogens with one attached hydrogen (secondary N) is 1. The topological polar surface area (TPSA) is 40.0 Å². The Balaban J connectivity index is 1.74. The van der Waals surface area contributed by atoms with Gasteiger partial charge >= 0.3 is 0 Å². The minimum atomic E-state index is -0.568. The minimum Gasteiger partial charge on any atom is -0.335 e. The van der Waals surface area contributed by atoms with E-state index in [1.807, 2.05) is 24.0 Å². The normalized spacial score (nSPS) is 17.9. The molecule has 6 heteroatoms. The molecule has 1 N–H and O–H groups in total. The lowest BCUT2D eigenvalue weighted by Crippen LogP contribution is -2.37. The Hall–Kier alpha value is -3.02. The summed E-state index contributed by atoms with van der Waals surface area (Å²) >= 11 is 0. The lowest BCUT2D eigenvalue weighted by molar-refractivity contribution is 0.359. The highest BCUT2D eigenvalue weighted by Crippen LogP contribution is 2.59. The molecule has 1 radical (unpaired) electrons. The molecule has 2 heterocycles. The van der Waals surface area contributed by atoms with Gasteiger partial charge in [0.15, 0.2) is 11.6 Å². The maximum Gasteiger partial charge on any atom is 0.157 e. The number of aryl methyl sites for hydroxylation is 1. The first-order chi connectivity index (χ1) is 19.5. The van der Waals surface area contributed by atoms with Gasteiger partial charge in [-0.1, -0.05) is 78.9 Å². The van der Waals surface area contributed by atoms with E-state index < -0.39 is 11.6 Å². The van der Waals surface area contributed by atoms with Gasteiger partial charge in [0, 0.05) is 41.2 Å². The summed E-state index contributed by atoms with van der Waals surface area (Å²) in [5.74, 6) is 1.44. The van der Waals surface area contributed by atoms with Crippen molar-refractivity contribution in [2.24, 2.45) is 5.41 Å². The lowest BCUT2D eigenvalue weighted by Gasteiger charge is -2.40. The van der Waals surface area contributed by atoms with E-state index in [-0.39, 0.29) is 11.1 Å². The average molecular weight is 557 g/mol. The highest BCUT2D eigenvalue weighted by atomic mass is 19.1. The predicted octanol–water partition coefficient (Wildman–Crippen LogP) is 9.63. The van der Waals surface area contributed by atoms with Gasteiger partial charge in [-0.3, -0.25) is 4.98 Å². The van der Waals surface area contributed by atoms with Crippen molar-refractivity contribution in [1.29, 1.82) is 5.41 Å². The zero-order valence-electron chi connectivity index (χ0n) is 25.7. The maximum atomic E-state index is 15.8. The number of nitrogens with zero attached hydrogens (tertiary/aromatic N) is 2. The quantitative estimate of drug-likeness (QED) is 0.221. The second-order valence-corrected chi connectivity index (χ2v) is 12.8. The highest BCUT2D eigenvalue weighted by Gasteiger charge is 2.54. The molecule has 1 unspecified atom stereocenters. The Bertz CT molecular complexity index is 1360. The van der Waals surface area contributed by atoms with Crippen molar-refractivity contribution in [3.63, 3.8) is 0 Å². The fourth-order valence-electron chi connectivity index (χ4n) is 6.06. The molecule has 1 fully saturated rings. The van der Waals surface area contributed by atoms with Gasteiger partial charge in [0.1, 0.15) is 13.0 Å². The summed E-state index contributed by atoms with van der Waals surface area (Å²) in [5, 5.41) is 8.16. The number of pyridine rings is 1. The van der Waals surface area contributed by atoms with Crippen molar-refractivity contribution in [2.45, 2.75) is 104 Å². The largest absolute Gasteiger partial charge is 0.335 e. The number of allylic oxidation sites excluding steroid dienone is 3. The molecule has 1 aliphatic heterocycles. The zero-order chi connectivity index (χ0) is 29.9. The number of rotatable bonds is 11. The molecule has 1 aliphatic carbocycles. The molecule has 1 aromatic carbocycles. The molecule has 217 valence electrons. The molecule has 2 aromatic rings. The molecule has 1 spiro atoms. The van der Waals surface area contributed by atoms with Crippen molar-refractivity contribution in [1.82, 2.24) is 4.98 Å². The van der Waals surface area contributed by atoms with Gasteiger partial charge in [-0.25, -0.2) is 8.78 Å². The lowest BCUT2D eigenvalue weighted by atomic mass is 9.59. The monoisotopic (exact) mass is 556 g/mol. The molecule has 0 amide bonds. The van der Waals surface area contributed by atoms with Crippen molar-refractivity contribution >= 4 is 30.8 Å². The number of halogens is 2. The molecule has 1 aromatic heterocycles. The van der Waals surface area contributed by atoms with Crippen LogP contribution in [0.25, 0.3) is 11.6 Å². The number of fused-ring (bicyclic) bond motifs is 2. The van der Waals surface area contributed by atoms with Crippen LogP contribution in [-0.2, 0) is 18.4 Å². The Labute approximate surface area is 246 Å². The SMILES string of the molecule is C=Cc1cc(CC)c(F)c(N2Cc3cnc(/C(C=N)=C/[B]C(CC)CCC(C)(C)C)cc3C3(CC3)/C2=C/CC)c1F. The van der Waals surface area contributed by atoms with Crippen LogP contribution in [-0.4, -0.2) is 18.5 Å².